The van der Waals surface area contributed by atoms with E-state index in [0.717, 1.165) is 19.5 Å². The molecule has 0 spiro atoms. The van der Waals surface area contributed by atoms with Gasteiger partial charge < -0.3 is 5.32 Å². The van der Waals surface area contributed by atoms with Crippen LogP contribution in [0.4, 0.5) is 0 Å². The number of carbonyl (C=O) groups is 1. The molecule has 2 aromatic heterocycles. The Morgan fingerprint density at radius 3 is 3.23 bits per heavy atom. The molecule has 0 fully saturated rings. The Hall–Kier alpha value is -1.43. The number of hydrogen-bond acceptors (Lipinski definition) is 4. The fourth-order valence-corrected chi connectivity index (χ4v) is 3.76. The normalized spacial score (nSPS) is 16.1. The number of aromatic nitrogens is 1. The summed E-state index contributed by atoms with van der Waals surface area (Å²) in [4.78, 5) is 20.0. The van der Waals surface area contributed by atoms with Gasteiger partial charge in [-0.25, -0.2) is 4.98 Å². The molecular formula is C16H18ClN3OS. The van der Waals surface area contributed by atoms with Crippen molar-refractivity contribution >= 4 is 28.8 Å². The molecule has 0 bridgehead atoms. The molecule has 1 N–H and O–H groups in total. The average molecular weight is 336 g/mol. The predicted molar refractivity (Wildman–Crippen MR) is 89.5 cm³/mol. The van der Waals surface area contributed by atoms with Crippen molar-refractivity contribution in [1.82, 2.24) is 15.2 Å². The molecule has 1 amide bonds. The zero-order chi connectivity index (χ0) is 15.5. The highest BCUT2D eigenvalue weighted by Crippen LogP contribution is 2.25. The molecule has 2 aromatic rings. The molecule has 22 heavy (non-hydrogen) atoms. The van der Waals surface area contributed by atoms with E-state index >= 15 is 0 Å². The standard InChI is InChI=1S/C16H18ClN3OS/c1-11(20-7-4-14-12(10-20)5-8-22-14)9-19-16(21)13-3-2-6-18-15(13)17/h2-3,5-6,8,11H,4,7,9-10H2,1H3,(H,19,21)/t11-/m1/s1. The summed E-state index contributed by atoms with van der Waals surface area (Å²) in [5.41, 5.74) is 1.85. The van der Waals surface area contributed by atoms with Crippen LogP contribution >= 0.6 is 22.9 Å². The fourth-order valence-electron chi connectivity index (χ4n) is 2.67. The summed E-state index contributed by atoms with van der Waals surface area (Å²) in [5.74, 6) is -0.168. The molecule has 116 valence electrons. The van der Waals surface area contributed by atoms with Gasteiger partial charge in [0, 0.05) is 36.8 Å². The Labute approximate surface area is 139 Å². The summed E-state index contributed by atoms with van der Waals surface area (Å²) in [7, 11) is 0. The molecule has 0 saturated carbocycles. The predicted octanol–water partition coefficient (Wildman–Crippen LogP) is 2.97. The van der Waals surface area contributed by atoms with E-state index in [9.17, 15) is 4.79 Å². The highest BCUT2D eigenvalue weighted by molar-refractivity contribution is 7.10. The Bertz CT molecular complexity index is 673. The maximum Gasteiger partial charge on any atom is 0.254 e. The number of hydrogen-bond donors (Lipinski definition) is 1. The van der Waals surface area contributed by atoms with Crippen LogP contribution in [0.15, 0.2) is 29.8 Å². The molecule has 0 radical (unpaired) electrons. The third-order valence-corrected chi connectivity index (χ3v) is 5.35. The smallest absolute Gasteiger partial charge is 0.254 e. The van der Waals surface area contributed by atoms with E-state index in [0.29, 0.717) is 12.1 Å². The Balaban J connectivity index is 1.56. The lowest BCUT2D eigenvalue weighted by Gasteiger charge is -2.32. The van der Waals surface area contributed by atoms with Gasteiger partial charge in [0.25, 0.3) is 5.91 Å². The second kappa shape index (κ2) is 6.77. The second-order valence-corrected chi connectivity index (χ2v) is 6.85. The van der Waals surface area contributed by atoms with E-state index in [1.165, 1.54) is 10.4 Å². The SMILES string of the molecule is C[C@H](CNC(=O)c1cccnc1Cl)N1CCc2sccc2C1. The Morgan fingerprint density at radius 1 is 1.55 bits per heavy atom. The first-order valence-electron chi connectivity index (χ1n) is 7.33. The molecule has 3 heterocycles. The minimum absolute atomic E-state index is 0.168. The molecule has 0 aliphatic carbocycles. The third kappa shape index (κ3) is 3.32. The van der Waals surface area contributed by atoms with Crippen molar-refractivity contribution in [2.45, 2.75) is 25.9 Å². The van der Waals surface area contributed by atoms with Gasteiger partial charge in [-0.15, -0.1) is 11.3 Å². The summed E-state index contributed by atoms with van der Waals surface area (Å²) in [6.45, 7) is 4.74. The van der Waals surface area contributed by atoms with Gasteiger partial charge in [0.05, 0.1) is 5.56 Å². The minimum atomic E-state index is -0.168. The van der Waals surface area contributed by atoms with E-state index in [-0.39, 0.29) is 17.1 Å². The van der Waals surface area contributed by atoms with E-state index in [1.807, 2.05) is 11.3 Å². The van der Waals surface area contributed by atoms with Crippen molar-refractivity contribution in [3.05, 3.63) is 50.9 Å². The van der Waals surface area contributed by atoms with E-state index in [4.69, 9.17) is 11.6 Å². The van der Waals surface area contributed by atoms with Gasteiger partial charge in [-0.3, -0.25) is 9.69 Å². The van der Waals surface area contributed by atoms with Crippen LogP contribution in [0.1, 0.15) is 27.7 Å². The topological polar surface area (TPSA) is 45.2 Å². The van der Waals surface area contributed by atoms with Crippen LogP contribution in [0.3, 0.4) is 0 Å². The van der Waals surface area contributed by atoms with Gasteiger partial charge in [-0.1, -0.05) is 11.6 Å². The number of pyridine rings is 1. The van der Waals surface area contributed by atoms with Crippen LogP contribution in [-0.2, 0) is 13.0 Å². The summed E-state index contributed by atoms with van der Waals surface area (Å²) >= 11 is 7.78. The lowest BCUT2D eigenvalue weighted by atomic mass is 10.1. The van der Waals surface area contributed by atoms with E-state index in [1.54, 1.807) is 18.3 Å². The number of fused-ring (bicyclic) bond motifs is 1. The minimum Gasteiger partial charge on any atom is -0.350 e. The highest BCUT2D eigenvalue weighted by atomic mass is 35.5. The highest BCUT2D eigenvalue weighted by Gasteiger charge is 2.22. The Kier molecular flexibility index (Phi) is 4.76. The van der Waals surface area contributed by atoms with Gasteiger partial charge in [0.1, 0.15) is 5.15 Å². The van der Waals surface area contributed by atoms with Crippen molar-refractivity contribution in [1.29, 1.82) is 0 Å². The largest absolute Gasteiger partial charge is 0.350 e. The van der Waals surface area contributed by atoms with Crippen molar-refractivity contribution in [2.75, 3.05) is 13.1 Å². The number of nitrogens with zero attached hydrogens (tertiary/aromatic N) is 2. The first-order valence-corrected chi connectivity index (χ1v) is 8.59. The van der Waals surface area contributed by atoms with Gasteiger partial charge in [0.15, 0.2) is 0 Å². The van der Waals surface area contributed by atoms with Crippen molar-refractivity contribution in [3.8, 4) is 0 Å². The maximum atomic E-state index is 12.2. The zero-order valence-corrected chi connectivity index (χ0v) is 14.0. The van der Waals surface area contributed by atoms with Crippen LogP contribution in [0.2, 0.25) is 5.15 Å². The van der Waals surface area contributed by atoms with Crippen LogP contribution < -0.4 is 5.32 Å². The number of carbonyl (C=O) groups excluding carboxylic acids is 1. The number of halogens is 1. The molecule has 1 aliphatic rings. The van der Waals surface area contributed by atoms with Gasteiger partial charge in [-0.05, 0) is 42.5 Å². The molecule has 1 aliphatic heterocycles. The van der Waals surface area contributed by atoms with Gasteiger partial charge >= 0.3 is 0 Å². The Morgan fingerprint density at radius 2 is 2.41 bits per heavy atom. The monoisotopic (exact) mass is 335 g/mol. The number of amides is 1. The van der Waals surface area contributed by atoms with Crippen LogP contribution in [-0.4, -0.2) is 34.9 Å². The molecule has 1 atom stereocenters. The first kappa shape index (κ1) is 15.5. The second-order valence-electron chi connectivity index (χ2n) is 5.49. The molecule has 3 rings (SSSR count). The molecule has 4 nitrogen and oxygen atoms in total. The maximum absolute atomic E-state index is 12.2. The van der Waals surface area contributed by atoms with Crippen molar-refractivity contribution in [2.24, 2.45) is 0 Å². The van der Waals surface area contributed by atoms with Crippen LogP contribution in [0.25, 0.3) is 0 Å². The summed E-state index contributed by atoms with van der Waals surface area (Å²) < 4.78 is 0. The van der Waals surface area contributed by atoms with Crippen LogP contribution in [0.5, 0.6) is 0 Å². The molecule has 6 heteroatoms. The first-order chi connectivity index (χ1) is 10.6. The summed E-state index contributed by atoms with van der Waals surface area (Å²) in [6, 6.07) is 5.89. The lowest BCUT2D eigenvalue weighted by Crippen LogP contribution is -2.44. The summed E-state index contributed by atoms with van der Waals surface area (Å²) in [5, 5.41) is 5.35. The van der Waals surface area contributed by atoms with E-state index in [2.05, 4.69) is 33.6 Å². The van der Waals surface area contributed by atoms with Crippen LogP contribution in [0, 0.1) is 0 Å². The number of thiophene rings is 1. The lowest BCUT2D eigenvalue weighted by molar-refractivity contribution is 0.0932. The molecule has 0 saturated heterocycles. The third-order valence-electron chi connectivity index (χ3n) is 4.02. The summed E-state index contributed by atoms with van der Waals surface area (Å²) in [6.07, 6.45) is 2.67. The molecule has 0 unspecified atom stereocenters. The number of rotatable bonds is 4. The average Bonchev–Trinajstić information content (AvgIpc) is 3.00. The van der Waals surface area contributed by atoms with Crippen molar-refractivity contribution in [3.63, 3.8) is 0 Å². The molecular weight excluding hydrogens is 318 g/mol. The molecule has 0 aromatic carbocycles. The van der Waals surface area contributed by atoms with Crippen molar-refractivity contribution < 1.29 is 4.79 Å². The number of nitrogens with one attached hydrogen (secondary N) is 1. The van der Waals surface area contributed by atoms with Gasteiger partial charge in [-0.2, -0.15) is 0 Å². The van der Waals surface area contributed by atoms with E-state index < -0.39 is 0 Å². The quantitative estimate of drug-likeness (QED) is 0.874. The van der Waals surface area contributed by atoms with Gasteiger partial charge in [0.2, 0.25) is 0 Å². The fraction of sp³-hybridized carbons (Fsp3) is 0.375. The zero-order valence-electron chi connectivity index (χ0n) is 12.4.